The smallest absolute Gasteiger partial charge is 0.226 e. The summed E-state index contributed by atoms with van der Waals surface area (Å²) in [5.74, 6) is 2.40. The van der Waals surface area contributed by atoms with E-state index in [1.54, 1.807) is 16.3 Å². The predicted octanol–water partition coefficient (Wildman–Crippen LogP) is 3.42. The topological polar surface area (TPSA) is 108 Å². The molecule has 1 aliphatic heterocycles. The summed E-state index contributed by atoms with van der Waals surface area (Å²) in [6.07, 6.45) is 6.55. The molecule has 0 saturated heterocycles. The van der Waals surface area contributed by atoms with Gasteiger partial charge in [-0.25, -0.2) is 0 Å². The molecule has 174 valence electrons. The number of carbonyl (C=O) groups is 1. The first kappa shape index (κ1) is 20.6. The number of aryl methyl sites for hydroxylation is 1. The largest absolute Gasteiger partial charge is 0.493 e. The Morgan fingerprint density at radius 2 is 1.94 bits per heavy atom. The highest BCUT2D eigenvalue weighted by Gasteiger charge is 2.33. The normalized spacial score (nSPS) is 18.2. The molecule has 6 rings (SSSR count). The number of ether oxygens (including phenoxy) is 2. The van der Waals surface area contributed by atoms with Gasteiger partial charge in [-0.2, -0.15) is 14.3 Å². The summed E-state index contributed by atoms with van der Waals surface area (Å²) in [6, 6.07) is 9.57. The van der Waals surface area contributed by atoms with Gasteiger partial charge in [0, 0.05) is 17.9 Å². The Balaban J connectivity index is 1.42. The molecule has 1 saturated carbocycles. The van der Waals surface area contributed by atoms with Crippen LogP contribution in [-0.2, 0) is 4.79 Å². The highest BCUT2D eigenvalue weighted by atomic mass is 16.5. The van der Waals surface area contributed by atoms with Crippen molar-refractivity contribution in [3.8, 4) is 17.3 Å². The van der Waals surface area contributed by atoms with Gasteiger partial charge >= 0.3 is 0 Å². The van der Waals surface area contributed by atoms with Crippen molar-refractivity contribution in [3.63, 3.8) is 0 Å². The summed E-state index contributed by atoms with van der Waals surface area (Å²) in [6.45, 7) is 1.95. The molecule has 3 aromatic heterocycles. The van der Waals surface area contributed by atoms with Crippen LogP contribution in [0.5, 0.6) is 11.5 Å². The second-order valence-electron chi connectivity index (χ2n) is 8.82. The third-order valence-corrected chi connectivity index (χ3v) is 6.65. The van der Waals surface area contributed by atoms with Crippen molar-refractivity contribution in [2.45, 2.75) is 51.0 Å². The van der Waals surface area contributed by atoms with Gasteiger partial charge in [0.25, 0.3) is 0 Å². The molecule has 4 heterocycles. The molecule has 4 aromatic rings. The standard InChI is InChI=1S/C24H25N7O3/c1-14-23-17(15-7-8-18(33-2)19(11-15)34-16-5-3-4-6-16)12-22(32)26-24(23)31(28-14)21-10-9-20-27-25-13-30(20)29-21/h7-11,13,16-17H,3-6,12H2,1-2H3,(H,26,32)/t17-/m0/s1. The molecule has 1 N–H and O–H groups in total. The van der Waals surface area contributed by atoms with Crippen molar-refractivity contribution in [3.05, 3.63) is 53.5 Å². The minimum Gasteiger partial charge on any atom is -0.493 e. The van der Waals surface area contributed by atoms with Crippen LogP contribution in [0.1, 0.15) is 54.8 Å². The number of hydrogen-bond donors (Lipinski definition) is 1. The Morgan fingerprint density at radius 1 is 1.09 bits per heavy atom. The van der Waals surface area contributed by atoms with Gasteiger partial charge in [-0.1, -0.05) is 6.07 Å². The lowest BCUT2D eigenvalue weighted by Crippen LogP contribution is -2.25. The van der Waals surface area contributed by atoms with Crippen molar-refractivity contribution in [2.24, 2.45) is 0 Å². The summed E-state index contributed by atoms with van der Waals surface area (Å²) in [5.41, 5.74) is 3.44. The molecule has 0 bridgehead atoms. The second-order valence-corrected chi connectivity index (χ2v) is 8.82. The van der Waals surface area contributed by atoms with E-state index in [1.165, 1.54) is 19.2 Å². The van der Waals surface area contributed by atoms with E-state index in [0.29, 0.717) is 29.5 Å². The molecule has 2 aliphatic rings. The minimum atomic E-state index is -0.159. The summed E-state index contributed by atoms with van der Waals surface area (Å²) in [4.78, 5) is 12.8. The number of carbonyl (C=O) groups excluding carboxylic acids is 1. The molecule has 0 radical (unpaired) electrons. The Labute approximate surface area is 195 Å². The first-order valence-corrected chi connectivity index (χ1v) is 11.5. The maximum atomic E-state index is 12.8. The monoisotopic (exact) mass is 459 g/mol. The van der Waals surface area contributed by atoms with E-state index in [0.717, 1.165) is 35.4 Å². The molecule has 1 atom stereocenters. The Morgan fingerprint density at radius 3 is 2.76 bits per heavy atom. The van der Waals surface area contributed by atoms with Crippen LogP contribution in [0.15, 0.2) is 36.7 Å². The van der Waals surface area contributed by atoms with E-state index < -0.39 is 0 Å². The molecule has 10 heteroatoms. The van der Waals surface area contributed by atoms with E-state index in [1.807, 2.05) is 37.3 Å². The summed E-state index contributed by atoms with van der Waals surface area (Å²) < 4.78 is 15.1. The first-order valence-electron chi connectivity index (χ1n) is 11.5. The third-order valence-electron chi connectivity index (χ3n) is 6.65. The number of methoxy groups -OCH3 is 1. The minimum absolute atomic E-state index is 0.0712. The van der Waals surface area contributed by atoms with Gasteiger partial charge in [0.1, 0.15) is 12.1 Å². The van der Waals surface area contributed by atoms with Crippen LogP contribution in [-0.4, -0.2) is 48.7 Å². The number of anilines is 1. The number of fused-ring (bicyclic) bond motifs is 2. The van der Waals surface area contributed by atoms with E-state index in [-0.39, 0.29) is 17.9 Å². The van der Waals surface area contributed by atoms with Crippen LogP contribution in [0.4, 0.5) is 5.82 Å². The maximum Gasteiger partial charge on any atom is 0.226 e. The van der Waals surface area contributed by atoms with Crippen molar-refractivity contribution in [2.75, 3.05) is 12.4 Å². The van der Waals surface area contributed by atoms with Crippen LogP contribution in [0, 0.1) is 6.92 Å². The molecular weight excluding hydrogens is 434 g/mol. The zero-order valence-electron chi connectivity index (χ0n) is 19.1. The highest BCUT2D eigenvalue weighted by molar-refractivity contribution is 5.95. The van der Waals surface area contributed by atoms with Crippen molar-refractivity contribution in [1.29, 1.82) is 0 Å². The van der Waals surface area contributed by atoms with E-state index in [2.05, 4.69) is 20.6 Å². The zero-order valence-corrected chi connectivity index (χ0v) is 19.1. The average molecular weight is 460 g/mol. The summed E-state index contributed by atoms with van der Waals surface area (Å²) >= 11 is 0. The number of nitrogens with one attached hydrogen (secondary N) is 1. The lowest BCUT2D eigenvalue weighted by molar-refractivity contribution is -0.116. The van der Waals surface area contributed by atoms with Gasteiger partial charge < -0.3 is 14.8 Å². The Kier molecular flexibility index (Phi) is 4.93. The highest BCUT2D eigenvalue weighted by Crippen LogP contribution is 2.43. The van der Waals surface area contributed by atoms with Gasteiger partial charge in [-0.3, -0.25) is 4.79 Å². The van der Waals surface area contributed by atoms with Gasteiger partial charge in [-0.15, -0.1) is 15.3 Å². The summed E-state index contributed by atoms with van der Waals surface area (Å²) in [5, 5.41) is 20.2. The molecule has 0 unspecified atom stereocenters. The zero-order chi connectivity index (χ0) is 23.2. The lowest BCUT2D eigenvalue weighted by atomic mass is 9.85. The molecule has 0 spiro atoms. The van der Waals surface area contributed by atoms with E-state index >= 15 is 0 Å². The van der Waals surface area contributed by atoms with Crippen molar-refractivity contribution in [1.82, 2.24) is 29.6 Å². The molecule has 34 heavy (non-hydrogen) atoms. The molecular formula is C24H25N7O3. The fourth-order valence-corrected chi connectivity index (χ4v) is 5.02. The lowest BCUT2D eigenvalue weighted by Gasteiger charge is -2.25. The fourth-order valence-electron chi connectivity index (χ4n) is 5.02. The van der Waals surface area contributed by atoms with Crippen LogP contribution < -0.4 is 14.8 Å². The Bertz CT molecular complexity index is 1390. The van der Waals surface area contributed by atoms with Crippen molar-refractivity contribution < 1.29 is 14.3 Å². The number of hydrogen-bond acceptors (Lipinski definition) is 7. The summed E-state index contributed by atoms with van der Waals surface area (Å²) in [7, 11) is 1.65. The van der Waals surface area contributed by atoms with Gasteiger partial charge in [0.05, 0.1) is 18.9 Å². The average Bonchev–Trinajstić information content (AvgIpc) is 3.59. The molecule has 1 aliphatic carbocycles. The molecule has 1 amide bonds. The van der Waals surface area contributed by atoms with Crippen LogP contribution in [0.2, 0.25) is 0 Å². The van der Waals surface area contributed by atoms with E-state index in [4.69, 9.17) is 14.6 Å². The van der Waals surface area contributed by atoms with Crippen LogP contribution >= 0.6 is 0 Å². The van der Waals surface area contributed by atoms with Crippen LogP contribution in [0.3, 0.4) is 0 Å². The Hall–Kier alpha value is -3.95. The second kappa shape index (κ2) is 8.12. The molecule has 1 fully saturated rings. The maximum absolute atomic E-state index is 12.8. The van der Waals surface area contributed by atoms with Crippen LogP contribution in [0.25, 0.3) is 11.5 Å². The molecule has 1 aromatic carbocycles. The number of nitrogens with zero attached hydrogens (tertiary/aromatic N) is 6. The van der Waals surface area contributed by atoms with E-state index in [9.17, 15) is 4.79 Å². The number of benzene rings is 1. The SMILES string of the molecule is COc1ccc([C@@H]2CC(=O)Nc3c2c(C)nn3-c2ccc3nncn3n2)cc1OC1CCCC1. The fraction of sp³-hybridized carbons (Fsp3) is 0.375. The van der Waals surface area contributed by atoms with Gasteiger partial charge in [-0.05, 0) is 62.4 Å². The predicted molar refractivity (Wildman–Crippen MR) is 124 cm³/mol. The van der Waals surface area contributed by atoms with Gasteiger partial charge in [0.2, 0.25) is 5.91 Å². The molecule has 10 nitrogen and oxygen atoms in total. The number of aromatic nitrogens is 6. The first-order chi connectivity index (χ1) is 16.6. The van der Waals surface area contributed by atoms with Crippen molar-refractivity contribution >= 4 is 17.4 Å². The quantitative estimate of drug-likeness (QED) is 0.487. The number of rotatable bonds is 5. The number of amides is 1. The van der Waals surface area contributed by atoms with Gasteiger partial charge in [0.15, 0.2) is 23.0 Å². The third kappa shape index (κ3) is 3.46.